The van der Waals surface area contributed by atoms with E-state index in [0.29, 0.717) is 6.04 Å². The molecule has 1 aromatic heterocycles. The molecule has 0 spiro atoms. The van der Waals surface area contributed by atoms with Gasteiger partial charge in [-0.2, -0.15) is 0 Å². The van der Waals surface area contributed by atoms with Crippen molar-refractivity contribution in [1.82, 2.24) is 14.8 Å². The Morgan fingerprint density at radius 3 is 2.81 bits per heavy atom. The lowest BCUT2D eigenvalue weighted by Gasteiger charge is -2.24. The van der Waals surface area contributed by atoms with Gasteiger partial charge in [0.2, 0.25) is 0 Å². The van der Waals surface area contributed by atoms with Gasteiger partial charge in [0.15, 0.2) is 0 Å². The third-order valence-corrected chi connectivity index (χ3v) is 3.49. The molecule has 4 heteroatoms. The molecule has 1 unspecified atom stereocenters. The minimum Gasteiger partial charge on any atom is -0.344 e. The molecule has 2 heterocycles. The Kier molecular flexibility index (Phi) is 3.01. The van der Waals surface area contributed by atoms with E-state index < -0.39 is 0 Å². The molecule has 0 radical (unpaired) electrons. The minimum absolute atomic E-state index is 0.115. The number of amides is 1. The standard InChI is InChI=1S/C12H19N3O/c1-9-4-5-11(14(9)2)12(16)15(3)10-6-7-13-8-10/h4-5,10,13H,6-8H2,1-3H3. The highest BCUT2D eigenvalue weighted by Crippen LogP contribution is 2.13. The smallest absolute Gasteiger partial charge is 0.270 e. The lowest BCUT2D eigenvalue weighted by atomic mass is 10.2. The quantitative estimate of drug-likeness (QED) is 0.801. The van der Waals surface area contributed by atoms with E-state index in [1.807, 2.05) is 42.6 Å². The third kappa shape index (κ3) is 1.85. The molecule has 1 aliphatic rings. The predicted octanol–water partition coefficient (Wildman–Crippen LogP) is 0.767. The van der Waals surface area contributed by atoms with Crippen molar-refractivity contribution in [2.24, 2.45) is 7.05 Å². The van der Waals surface area contributed by atoms with E-state index in [2.05, 4.69) is 5.32 Å². The van der Waals surface area contributed by atoms with Crippen molar-refractivity contribution in [3.8, 4) is 0 Å². The summed E-state index contributed by atoms with van der Waals surface area (Å²) in [4.78, 5) is 14.1. The summed E-state index contributed by atoms with van der Waals surface area (Å²) in [7, 11) is 3.83. The number of likely N-dealkylation sites (N-methyl/N-ethyl adjacent to an activating group) is 1. The zero-order valence-electron chi connectivity index (χ0n) is 10.2. The molecule has 16 heavy (non-hydrogen) atoms. The maximum Gasteiger partial charge on any atom is 0.270 e. The maximum absolute atomic E-state index is 12.2. The highest BCUT2D eigenvalue weighted by atomic mass is 16.2. The Bertz CT molecular complexity index is 391. The average molecular weight is 221 g/mol. The van der Waals surface area contributed by atoms with Gasteiger partial charge in [-0.1, -0.05) is 0 Å². The third-order valence-electron chi connectivity index (χ3n) is 3.49. The molecule has 1 aliphatic heterocycles. The molecule has 4 nitrogen and oxygen atoms in total. The van der Waals surface area contributed by atoms with Crippen molar-refractivity contribution in [3.05, 3.63) is 23.5 Å². The predicted molar refractivity (Wildman–Crippen MR) is 63.5 cm³/mol. The van der Waals surface area contributed by atoms with Crippen LogP contribution in [0.3, 0.4) is 0 Å². The van der Waals surface area contributed by atoms with E-state index in [-0.39, 0.29) is 5.91 Å². The molecule has 1 N–H and O–H groups in total. The lowest BCUT2D eigenvalue weighted by molar-refractivity contribution is 0.0734. The second-order valence-corrected chi connectivity index (χ2v) is 4.48. The number of hydrogen-bond acceptors (Lipinski definition) is 2. The molecular formula is C12H19N3O. The molecule has 1 saturated heterocycles. The monoisotopic (exact) mass is 221 g/mol. The van der Waals surface area contributed by atoms with Crippen molar-refractivity contribution >= 4 is 5.91 Å². The zero-order valence-corrected chi connectivity index (χ0v) is 10.2. The van der Waals surface area contributed by atoms with E-state index in [4.69, 9.17) is 0 Å². The van der Waals surface area contributed by atoms with Crippen LogP contribution in [0.25, 0.3) is 0 Å². The zero-order chi connectivity index (χ0) is 11.7. The first-order chi connectivity index (χ1) is 7.61. The molecule has 1 amide bonds. The Hall–Kier alpha value is -1.29. The van der Waals surface area contributed by atoms with Crippen LogP contribution in [0.1, 0.15) is 22.6 Å². The Morgan fingerprint density at radius 2 is 2.31 bits per heavy atom. The molecule has 2 rings (SSSR count). The number of carbonyl (C=O) groups excluding carboxylic acids is 1. The number of rotatable bonds is 2. The fraction of sp³-hybridized carbons (Fsp3) is 0.583. The molecular weight excluding hydrogens is 202 g/mol. The Labute approximate surface area is 96.2 Å². The van der Waals surface area contributed by atoms with Gasteiger partial charge in [0.1, 0.15) is 5.69 Å². The summed E-state index contributed by atoms with van der Waals surface area (Å²) in [5, 5.41) is 3.28. The van der Waals surface area contributed by atoms with Gasteiger partial charge in [0, 0.05) is 32.4 Å². The molecule has 0 aromatic carbocycles. The number of nitrogens with zero attached hydrogens (tertiary/aromatic N) is 2. The molecule has 1 fully saturated rings. The summed E-state index contributed by atoms with van der Waals surface area (Å²) in [5.74, 6) is 0.115. The Balaban J connectivity index is 2.15. The molecule has 88 valence electrons. The van der Waals surface area contributed by atoms with Gasteiger partial charge >= 0.3 is 0 Å². The van der Waals surface area contributed by atoms with Crippen molar-refractivity contribution in [1.29, 1.82) is 0 Å². The number of aryl methyl sites for hydroxylation is 1. The van der Waals surface area contributed by atoms with E-state index in [1.54, 1.807) is 0 Å². The largest absolute Gasteiger partial charge is 0.344 e. The van der Waals surface area contributed by atoms with Gasteiger partial charge in [0.05, 0.1) is 0 Å². The topological polar surface area (TPSA) is 37.3 Å². The number of hydrogen-bond donors (Lipinski definition) is 1. The van der Waals surface area contributed by atoms with Crippen LogP contribution in [0, 0.1) is 6.92 Å². The van der Waals surface area contributed by atoms with Crippen LogP contribution in [0.5, 0.6) is 0 Å². The first-order valence-electron chi connectivity index (χ1n) is 5.71. The van der Waals surface area contributed by atoms with Crippen molar-refractivity contribution < 1.29 is 4.79 Å². The van der Waals surface area contributed by atoms with Crippen LogP contribution in [0.15, 0.2) is 12.1 Å². The normalized spacial score (nSPS) is 20.1. The highest BCUT2D eigenvalue weighted by Gasteiger charge is 2.25. The summed E-state index contributed by atoms with van der Waals surface area (Å²) >= 11 is 0. The molecule has 1 aromatic rings. The van der Waals surface area contributed by atoms with Crippen molar-refractivity contribution in [2.75, 3.05) is 20.1 Å². The maximum atomic E-state index is 12.2. The highest BCUT2D eigenvalue weighted by molar-refractivity contribution is 5.93. The summed E-state index contributed by atoms with van der Waals surface area (Å²) in [6.45, 7) is 3.92. The SMILES string of the molecule is Cc1ccc(C(=O)N(C)C2CCNC2)n1C. The first kappa shape index (κ1) is 11.2. The summed E-state index contributed by atoms with van der Waals surface area (Å²) in [6, 6.07) is 4.22. The number of carbonyl (C=O) groups is 1. The van der Waals surface area contributed by atoms with Crippen LogP contribution >= 0.6 is 0 Å². The van der Waals surface area contributed by atoms with Gasteiger partial charge in [-0.05, 0) is 32.0 Å². The van der Waals surface area contributed by atoms with E-state index >= 15 is 0 Å². The average Bonchev–Trinajstić information content (AvgIpc) is 2.89. The van der Waals surface area contributed by atoms with Crippen LogP contribution < -0.4 is 5.32 Å². The summed E-state index contributed by atoms with van der Waals surface area (Å²) in [5.41, 5.74) is 1.88. The van der Waals surface area contributed by atoms with Crippen LogP contribution in [0.4, 0.5) is 0 Å². The lowest BCUT2D eigenvalue weighted by Crippen LogP contribution is -2.39. The van der Waals surface area contributed by atoms with E-state index in [9.17, 15) is 4.79 Å². The summed E-state index contributed by atoms with van der Waals surface area (Å²) in [6.07, 6.45) is 1.05. The second-order valence-electron chi connectivity index (χ2n) is 4.48. The molecule has 0 aliphatic carbocycles. The summed E-state index contributed by atoms with van der Waals surface area (Å²) < 4.78 is 1.95. The number of nitrogens with one attached hydrogen (secondary N) is 1. The molecule has 0 saturated carbocycles. The molecule has 0 bridgehead atoms. The minimum atomic E-state index is 0.115. The van der Waals surface area contributed by atoms with Crippen LogP contribution in [0.2, 0.25) is 0 Å². The van der Waals surface area contributed by atoms with Gasteiger partial charge < -0.3 is 14.8 Å². The van der Waals surface area contributed by atoms with Crippen LogP contribution in [-0.4, -0.2) is 41.6 Å². The van der Waals surface area contributed by atoms with Gasteiger partial charge in [0.25, 0.3) is 5.91 Å². The van der Waals surface area contributed by atoms with Crippen molar-refractivity contribution in [2.45, 2.75) is 19.4 Å². The van der Waals surface area contributed by atoms with Gasteiger partial charge in [-0.15, -0.1) is 0 Å². The van der Waals surface area contributed by atoms with Gasteiger partial charge in [-0.25, -0.2) is 0 Å². The van der Waals surface area contributed by atoms with E-state index in [1.165, 1.54) is 0 Å². The van der Waals surface area contributed by atoms with Gasteiger partial charge in [-0.3, -0.25) is 4.79 Å². The van der Waals surface area contributed by atoms with Crippen molar-refractivity contribution in [3.63, 3.8) is 0 Å². The fourth-order valence-electron chi connectivity index (χ4n) is 2.14. The fourth-order valence-corrected chi connectivity index (χ4v) is 2.14. The second kappa shape index (κ2) is 4.29. The van der Waals surface area contributed by atoms with Crippen LogP contribution in [-0.2, 0) is 7.05 Å². The van der Waals surface area contributed by atoms with E-state index in [0.717, 1.165) is 30.9 Å². The number of aromatic nitrogens is 1. The first-order valence-corrected chi connectivity index (χ1v) is 5.71. The Morgan fingerprint density at radius 1 is 1.56 bits per heavy atom. The molecule has 1 atom stereocenters.